The van der Waals surface area contributed by atoms with E-state index >= 15 is 0 Å². The number of likely N-dealkylation sites (N-methyl/N-ethyl adjacent to an activating group) is 1. The maximum Gasteiger partial charge on any atom is 0.308 e. The molecule has 1 saturated heterocycles. The summed E-state index contributed by atoms with van der Waals surface area (Å²) in [4.78, 5) is 16.9. The van der Waals surface area contributed by atoms with E-state index in [9.17, 15) is 9.90 Å². The predicted molar refractivity (Wildman–Crippen MR) is 157 cm³/mol. The second-order valence-corrected chi connectivity index (χ2v) is 12.4. The molecule has 6 heteroatoms. The van der Waals surface area contributed by atoms with Crippen molar-refractivity contribution in [3.05, 3.63) is 71.8 Å². The van der Waals surface area contributed by atoms with Gasteiger partial charge in [-0.15, -0.1) is 6.58 Å². The molecule has 2 unspecified atom stereocenters. The molecule has 4 aliphatic rings. The number of unbranched alkanes of at least 4 members (excludes halogenated alkanes) is 3. The molecule has 6 rings (SSSR count). The summed E-state index contributed by atoms with van der Waals surface area (Å²) >= 11 is 0. The molecule has 2 aliphatic carbocycles. The van der Waals surface area contributed by atoms with Gasteiger partial charge in [0.15, 0.2) is 11.5 Å². The van der Waals surface area contributed by atoms with Gasteiger partial charge in [0.25, 0.3) is 0 Å². The number of hydrogen-bond acceptors (Lipinski definition) is 6. The molecule has 1 saturated carbocycles. The fraction of sp³-hybridized carbons (Fsp3) is 0.559. The average Bonchev–Trinajstić information content (AvgIpc) is 3.29. The quantitative estimate of drug-likeness (QED) is 0.185. The number of hydrogen-bond donors (Lipinski definition) is 1. The van der Waals surface area contributed by atoms with E-state index in [4.69, 9.17) is 9.47 Å². The van der Waals surface area contributed by atoms with Gasteiger partial charge in [0.2, 0.25) is 0 Å². The van der Waals surface area contributed by atoms with Crippen molar-refractivity contribution in [2.75, 3.05) is 26.7 Å². The van der Waals surface area contributed by atoms with Crippen molar-refractivity contribution >= 4 is 5.97 Å². The largest absolute Gasteiger partial charge is 0.483 e. The first kappa shape index (κ1) is 27.5. The molecule has 2 fully saturated rings. The van der Waals surface area contributed by atoms with E-state index in [2.05, 4.69) is 59.8 Å². The van der Waals surface area contributed by atoms with Gasteiger partial charge in [-0.05, 0) is 82.3 Å². The Hall–Kier alpha value is -2.67. The molecule has 0 radical (unpaired) electrons. The molecule has 2 heterocycles. The molecule has 0 aromatic heterocycles. The third-order valence-electron chi connectivity index (χ3n) is 10.3. The van der Waals surface area contributed by atoms with Crippen LogP contribution in [0.4, 0.5) is 0 Å². The number of benzene rings is 2. The van der Waals surface area contributed by atoms with Crippen LogP contribution in [0.15, 0.2) is 55.1 Å². The first-order valence-corrected chi connectivity index (χ1v) is 15.2. The third-order valence-corrected chi connectivity index (χ3v) is 10.3. The summed E-state index contributed by atoms with van der Waals surface area (Å²) in [6.45, 7) is 8.10. The van der Waals surface area contributed by atoms with Gasteiger partial charge < -0.3 is 14.6 Å². The molecule has 1 spiro atoms. The number of carbonyl (C=O) groups is 1. The van der Waals surface area contributed by atoms with Crippen LogP contribution in [0.1, 0.15) is 68.6 Å². The van der Waals surface area contributed by atoms with Gasteiger partial charge >= 0.3 is 5.97 Å². The van der Waals surface area contributed by atoms with Crippen molar-refractivity contribution in [1.82, 2.24) is 9.80 Å². The van der Waals surface area contributed by atoms with Crippen LogP contribution in [0.25, 0.3) is 0 Å². The fourth-order valence-electron chi connectivity index (χ4n) is 8.52. The molecular weight excluding hydrogens is 500 g/mol. The smallest absolute Gasteiger partial charge is 0.308 e. The van der Waals surface area contributed by atoms with Gasteiger partial charge in [-0.1, -0.05) is 55.3 Å². The Balaban J connectivity index is 1.22. The molecule has 5 atom stereocenters. The fourth-order valence-corrected chi connectivity index (χ4v) is 8.52. The Kier molecular flexibility index (Phi) is 7.53. The summed E-state index contributed by atoms with van der Waals surface area (Å²) in [7, 11) is 2.23. The van der Waals surface area contributed by atoms with Crippen LogP contribution in [0, 0.1) is 0 Å². The number of ether oxygens (including phenoxy) is 2. The molecule has 2 aromatic rings. The number of aliphatic hydroxyl groups is 1. The highest BCUT2D eigenvalue weighted by Crippen LogP contribution is 2.65. The van der Waals surface area contributed by atoms with Crippen LogP contribution in [-0.4, -0.2) is 71.3 Å². The summed E-state index contributed by atoms with van der Waals surface area (Å²) in [6, 6.07) is 14.9. The van der Waals surface area contributed by atoms with Crippen molar-refractivity contribution in [2.24, 2.45) is 0 Å². The van der Waals surface area contributed by atoms with Gasteiger partial charge in [0, 0.05) is 31.1 Å². The van der Waals surface area contributed by atoms with Gasteiger partial charge in [-0.3, -0.25) is 14.6 Å². The number of rotatable bonds is 11. The van der Waals surface area contributed by atoms with E-state index in [-0.39, 0.29) is 24.2 Å². The summed E-state index contributed by atoms with van der Waals surface area (Å²) in [5.74, 6) is 0.829. The van der Waals surface area contributed by atoms with Gasteiger partial charge in [-0.2, -0.15) is 0 Å². The third kappa shape index (κ3) is 4.40. The van der Waals surface area contributed by atoms with Crippen molar-refractivity contribution < 1.29 is 19.4 Å². The number of aryl methyl sites for hydroxylation is 1. The van der Waals surface area contributed by atoms with Crippen molar-refractivity contribution in [3.8, 4) is 11.5 Å². The Morgan fingerprint density at radius 3 is 2.75 bits per heavy atom. The highest BCUT2D eigenvalue weighted by Gasteiger charge is 2.73. The standard InChI is InChI=1S/C34H44N2O4/c1-4-20-36-22-19-33-30-26-15-16-28(39-24(2)37)31(30)40-32(33)27(17-18-34(33,38)29(36)23-26)35(3)21-11-6-5-8-12-25-13-9-7-10-14-25/h4,7,9-10,13-16,27,29,32,38H,1,5-6,8,11-12,17-23H2,2-3H3/t27?,29-,32?,33+,34-/m1/s1. The first-order valence-electron chi connectivity index (χ1n) is 15.2. The number of piperidine rings is 1. The zero-order valence-electron chi connectivity index (χ0n) is 24.1. The van der Waals surface area contributed by atoms with Crippen LogP contribution in [0.2, 0.25) is 0 Å². The minimum absolute atomic E-state index is 0.0271. The van der Waals surface area contributed by atoms with E-state index in [0.29, 0.717) is 11.5 Å². The van der Waals surface area contributed by atoms with E-state index < -0.39 is 11.0 Å². The summed E-state index contributed by atoms with van der Waals surface area (Å²) in [6.07, 6.45) is 11.0. The maximum atomic E-state index is 12.7. The van der Waals surface area contributed by atoms with Crippen LogP contribution < -0.4 is 9.47 Å². The molecule has 2 bridgehead atoms. The Labute approximate surface area is 239 Å². The second-order valence-electron chi connectivity index (χ2n) is 12.4. The zero-order valence-corrected chi connectivity index (χ0v) is 24.1. The van der Waals surface area contributed by atoms with Gasteiger partial charge in [0.1, 0.15) is 6.10 Å². The molecule has 6 nitrogen and oxygen atoms in total. The van der Waals surface area contributed by atoms with E-state index in [1.165, 1.54) is 37.3 Å². The Bertz CT molecular complexity index is 1250. The molecule has 40 heavy (non-hydrogen) atoms. The minimum atomic E-state index is -0.888. The van der Waals surface area contributed by atoms with Crippen LogP contribution >= 0.6 is 0 Å². The van der Waals surface area contributed by atoms with Crippen LogP contribution in [0.5, 0.6) is 11.5 Å². The molecule has 2 aliphatic heterocycles. The highest BCUT2D eigenvalue weighted by atomic mass is 16.6. The molecule has 2 aromatic carbocycles. The van der Waals surface area contributed by atoms with E-state index in [0.717, 1.165) is 63.7 Å². The number of esters is 1. The van der Waals surface area contributed by atoms with E-state index in [1.807, 2.05) is 12.1 Å². The molecule has 214 valence electrons. The second kappa shape index (κ2) is 11.0. The van der Waals surface area contributed by atoms with Crippen molar-refractivity contribution in [1.29, 1.82) is 0 Å². The molecule has 0 amide bonds. The molecule has 1 N–H and O–H groups in total. The predicted octanol–water partition coefficient (Wildman–Crippen LogP) is 5.06. The minimum Gasteiger partial charge on any atom is -0.483 e. The first-order chi connectivity index (χ1) is 19.4. The number of likely N-dealkylation sites (tertiary alicyclic amines) is 1. The number of nitrogens with zero attached hydrogens (tertiary/aromatic N) is 2. The lowest BCUT2D eigenvalue weighted by Gasteiger charge is -2.64. The average molecular weight is 545 g/mol. The van der Waals surface area contributed by atoms with Crippen LogP contribution in [-0.2, 0) is 23.1 Å². The summed E-state index contributed by atoms with van der Waals surface area (Å²) in [5, 5.41) is 12.7. The Morgan fingerprint density at radius 2 is 1.98 bits per heavy atom. The van der Waals surface area contributed by atoms with Gasteiger partial charge in [-0.25, -0.2) is 0 Å². The van der Waals surface area contributed by atoms with Crippen LogP contribution in [0.3, 0.4) is 0 Å². The van der Waals surface area contributed by atoms with Gasteiger partial charge in [0.05, 0.1) is 11.0 Å². The highest BCUT2D eigenvalue weighted by molar-refractivity contribution is 5.72. The topological polar surface area (TPSA) is 62.2 Å². The van der Waals surface area contributed by atoms with Crippen molar-refractivity contribution in [2.45, 2.75) is 93.9 Å². The monoisotopic (exact) mass is 544 g/mol. The number of carbonyl (C=O) groups excluding carboxylic acids is 1. The normalized spacial score (nSPS) is 30.1. The van der Waals surface area contributed by atoms with E-state index in [1.54, 1.807) is 0 Å². The summed E-state index contributed by atoms with van der Waals surface area (Å²) in [5.41, 5.74) is 2.36. The molecular formula is C34H44N2O4. The lowest BCUT2D eigenvalue weighted by atomic mass is 9.48. The van der Waals surface area contributed by atoms with Crippen molar-refractivity contribution in [3.63, 3.8) is 0 Å². The SMILES string of the molecule is C=CCN1CC[C@]23c4c5ccc(OC(C)=O)c4OC2C(N(C)CCCCCCc2ccccc2)CC[C@@]3(O)[C@H]1C5. The maximum absolute atomic E-state index is 12.7. The Morgan fingerprint density at radius 1 is 1.18 bits per heavy atom. The lowest BCUT2D eigenvalue weighted by Crippen LogP contribution is -2.78. The summed E-state index contributed by atoms with van der Waals surface area (Å²) < 4.78 is 12.5. The zero-order chi connectivity index (χ0) is 27.9. The lowest BCUT2D eigenvalue weighted by molar-refractivity contribution is -0.197.